The van der Waals surface area contributed by atoms with E-state index in [1.54, 1.807) is 4.90 Å². The molecule has 6 heteroatoms. The van der Waals surface area contributed by atoms with Crippen molar-refractivity contribution in [2.45, 2.75) is 26.8 Å². The Kier molecular flexibility index (Phi) is 5.35. The third-order valence-electron chi connectivity index (χ3n) is 6.74. The molecule has 5 rings (SSSR count). The Morgan fingerprint density at radius 2 is 1.62 bits per heavy atom. The Bertz CT molecular complexity index is 1240. The molecule has 6 nitrogen and oxygen atoms in total. The van der Waals surface area contributed by atoms with Crippen molar-refractivity contribution in [3.8, 4) is 0 Å². The average molecular weight is 433 g/mol. The summed E-state index contributed by atoms with van der Waals surface area (Å²) < 4.78 is 11.6. The molecular formula is C26H28N2O4. The molecule has 0 radical (unpaired) electrons. The normalized spacial score (nSPS) is 19.0. The number of hydrogen-bond donors (Lipinski definition) is 0. The van der Waals surface area contributed by atoms with Gasteiger partial charge in [-0.05, 0) is 49.6 Å². The first-order valence-corrected chi connectivity index (χ1v) is 11.2. The second-order valence-corrected chi connectivity index (χ2v) is 8.87. The second kappa shape index (κ2) is 8.19. The van der Waals surface area contributed by atoms with Crippen molar-refractivity contribution in [1.82, 2.24) is 9.80 Å². The Morgan fingerprint density at radius 3 is 2.34 bits per heavy atom. The standard InChI is InChI=1S/C26H28N2O4/c1-16-4-6-19(7-5-16)23-22-24(29)20-14-17(2)18(3)15-21(20)32-25(22)26(30)28(23)9-8-27-10-12-31-13-11-27/h4-7,14-15,23H,8-13H2,1-3H3/t23-/m0/s1. The summed E-state index contributed by atoms with van der Waals surface area (Å²) in [5.41, 5.74) is 4.95. The SMILES string of the molecule is Cc1ccc([C@H]2c3c(oc4cc(C)c(C)cc4c3=O)C(=O)N2CCN2CCOCC2)cc1. The van der Waals surface area contributed by atoms with Crippen LogP contribution in [0.1, 0.15) is 44.4 Å². The Labute approximate surface area is 187 Å². The number of ether oxygens (including phenoxy) is 1. The van der Waals surface area contributed by atoms with Gasteiger partial charge in [-0.15, -0.1) is 0 Å². The highest BCUT2D eigenvalue weighted by atomic mass is 16.5. The minimum atomic E-state index is -0.443. The van der Waals surface area contributed by atoms with Crippen LogP contribution in [0, 0.1) is 20.8 Å². The number of benzene rings is 2. The van der Waals surface area contributed by atoms with Gasteiger partial charge in [-0.25, -0.2) is 0 Å². The van der Waals surface area contributed by atoms with Gasteiger partial charge >= 0.3 is 0 Å². The average Bonchev–Trinajstić information content (AvgIpc) is 3.07. The first-order chi connectivity index (χ1) is 15.4. The first kappa shape index (κ1) is 20.9. The van der Waals surface area contributed by atoms with E-state index >= 15 is 0 Å². The number of aryl methyl sites for hydroxylation is 3. The molecule has 32 heavy (non-hydrogen) atoms. The highest BCUT2D eigenvalue weighted by Crippen LogP contribution is 2.38. The molecule has 2 aliphatic heterocycles. The van der Waals surface area contributed by atoms with Gasteiger partial charge in [0.2, 0.25) is 5.76 Å². The van der Waals surface area contributed by atoms with Crippen LogP contribution in [0.4, 0.5) is 0 Å². The predicted octanol–water partition coefficient (Wildman–Crippen LogP) is 3.60. The Hall–Kier alpha value is -2.96. The first-order valence-electron chi connectivity index (χ1n) is 11.2. The van der Waals surface area contributed by atoms with Crippen LogP contribution in [0.25, 0.3) is 11.0 Å². The number of fused-ring (bicyclic) bond motifs is 2. The molecule has 3 heterocycles. The molecular weight excluding hydrogens is 404 g/mol. The van der Waals surface area contributed by atoms with Gasteiger partial charge < -0.3 is 14.1 Å². The molecule has 1 amide bonds. The van der Waals surface area contributed by atoms with Crippen LogP contribution in [-0.2, 0) is 4.74 Å². The number of morpholine rings is 1. The highest BCUT2D eigenvalue weighted by molar-refractivity contribution is 5.99. The fourth-order valence-electron chi connectivity index (χ4n) is 4.68. The molecule has 2 aromatic carbocycles. The van der Waals surface area contributed by atoms with Gasteiger partial charge in [0.25, 0.3) is 5.91 Å². The molecule has 1 saturated heterocycles. The zero-order valence-electron chi connectivity index (χ0n) is 18.8. The number of carbonyl (C=O) groups is 1. The Balaban J connectivity index is 1.62. The lowest BCUT2D eigenvalue weighted by Crippen LogP contribution is -2.42. The van der Waals surface area contributed by atoms with Crippen LogP contribution < -0.4 is 5.43 Å². The summed E-state index contributed by atoms with van der Waals surface area (Å²) in [6.45, 7) is 10.4. The maximum atomic E-state index is 13.7. The van der Waals surface area contributed by atoms with E-state index in [1.807, 2.05) is 57.2 Å². The quantitative estimate of drug-likeness (QED) is 0.630. The summed E-state index contributed by atoms with van der Waals surface area (Å²) in [4.78, 5) is 31.3. The van der Waals surface area contributed by atoms with Crippen LogP contribution in [0.5, 0.6) is 0 Å². The van der Waals surface area contributed by atoms with Gasteiger partial charge in [-0.1, -0.05) is 29.8 Å². The fourth-order valence-corrected chi connectivity index (χ4v) is 4.68. The third-order valence-corrected chi connectivity index (χ3v) is 6.74. The van der Waals surface area contributed by atoms with E-state index in [0.717, 1.165) is 41.9 Å². The molecule has 0 N–H and O–H groups in total. The smallest absolute Gasteiger partial charge is 0.290 e. The second-order valence-electron chi connectivity index (χ2n) is 8.87. The lowest BCUT2D eigenvalue weighted by molar-refractivity contribution is 0.0314. The summed E-state index contributed by atoms with van der Waals surface area (Å²) in [6, 6.07) is 11.4. The zero-order chi connectivity index (χ0) is 22.4. The van der Waals surface area contributed by atoms with Crippen LogP contribution in [0.15, 0.2) is 45.6 Å². The summed E-state index contributed by atoms with van der Waals surface area (Å²) in [7, 11) is 0. The van der Waals surface area contributed by atoms with Gasteiger partial charge in [0, 0.05) is 26.2 Å². The van der Waals surface area contributed by atoms with E-state index in [-0.39, 0.29) is 17.1 Å². The van der Waals surface area contributed by atoms with E-state index < -0.39 is 6.04 Å². The molecule has 1 atom stereocenters. The van der Waals surface area contributed by atoms with Gasteiger partial charge in [0.05, 0.1) is 30.2 Å². The van der Waals surface area contributed by atoms with Crippen molar-refractivity contribution in [3.63, 3.8) is 0 Å². The molecule has 0 aliphatic carbocycles. The summed E-state index contributed by atoms with van der Waals surface area (Å²) in [6.07, 6.45) is 0. The van der Waals surface area contributed by atoms with Crippen molar-refractivity contribution < 1.29 is 13.9 Å². The number of carbonyl (C=O) groups excluding carboxylic acids is 1. The number of amides is 1. The lowest BCUT2D eigenvalue weighted by atomic mass is 9.97. The maximum Gasteiger partial charge on any atom is 0.290 e. The maximum absolute atomic E-state index is 13.7. The number of rotatable bonds is 4. The van der Waals surface area contributed by atoms with Crippen LogP contribution in [0.3, 0.4) is 0 Å². The minimum absolute atomic E-state index is 0.114. The predicted molar refractivity (Wildman–Crippen MR) is 123 cm³/mol. The highest BCUT2D eigenvalue weighted by Gasteiger charge is 2.42. The van der Waals surface area contributed by atoms with E-state index in [0.29, 0.717) is 36.3 Å². The molecule has 166 valence electrons. The number of hydrogen-bond acceptors (Lipinski definition) is 5. The van der Waals surface area contributed by atoms with E-state index in [1.165, 1.54) is 0 Å². The van der Waals surface area contributed by atoms with Crippen molar-refractivity contribution in [1.29, 1.82) is 0 Å². The Morgan fingerprint density at radius 1 is 0.938 bits per heavy atom. The van der Waals surface area contributed by atoms with Crippen LogP contribution in [-0.4, -0.2) is 55.1 Å². The molecule has 0 bridgehead atoms. The van der Waals surface area contributed by atoms with E-state index in [2.05, 4.69) is 4.90 Å². The topological polar surface area (TPSA) is 63.0 Å². The zero-order valence-corrected chi connectivity index (χ0v) is 18.8. The molecule has 1 aromatic heterocycles. The molecule has 0 saturated carbocycles. The lowest BCUT2D eigenvalue weighted by Gasteiger charge is -2.31. The van der Waals surface area contributed by atoms with Gasteiger partial charge in [-0.3, -0.25) is 14.5 Å². The van der Waals surface area contributed by atoms with Gasteiger partial charge in [0.15, 0.2) is 5.43 Å². The van der Waals surface area contributed by atoms with Crippen LogP contribution in [0.2, 0.25) is 0 Å². The molecule has 0 spiro atoms. The molecule has 3 aromatic rings. The van der Waals surface area contributed by atoms with Crippen molar-refractivity contribution in [3.05, 3.63) is 80.2 Å². The monoisotopic (exact) mass is 432 g/mol. The van der Waals surface area contributed by atoms with E-state index in [9.17, 15) is 9.59 Å². The van der Waals surface area contributed by atoms with Crippen LogP contribution >= 0.6 is 0 Å². The fraction of sp³-hybridized carbons (Fsp3) is 0.385. The number of nitrogens with zero attached hydrogens (tertiary/aromatic N) is 2. The van der Waals surface area contributed by atoms with Crippen molar-refractivity contribution >= 4 is 16.9 Å². The minimum Gasteiger partial charge on any atom is -0.450 e. The summed E-state index contributed by atoms with van der Waals surface area (Å²) >= 11 is 0. The van der Waals surface area contributed by atoms with Crippen molar-refractivity contribution in [2.75, 3.05) is 39.4 Å². The largest absolute Gasteiger partial charge is 0.450 e. The van der Waals surface area contributed by atoms with Crippen molar-refractivity contribution in [2.24, 2.45) is 0 Å². The van der Waals surface area contributed by atoms with E-state index in [4.69, 9.17) is 9.15 Å². The molecule has 1 fully saturated rings. The summed E-state index contributed by atoms with van der Waals surface area (Å²) in [5, 5.41) is 0.534. The molecule has 2 aliphatic rings. The van der Waals surface area contributed by atoms with Gasteiger partial charge in [-0.2, -0.15) is 0 Å². The van der Waals surface area contributed by atoms with Gasteiger partial charge in [0.1, 0.15) is 5.58 Å². The molecule has 0 unspecified atom stereocenters. The summed E-state index contributed by atoms with van der Waals surface area (Å²) in [5.74, 6) is -0.0330. The third kappa shape index (κ3) is 3.53.